The Morgan fingerprint density at radius 1 is 1.07 bits per heavy atom. The van der Waals surface area contributed by atoms with Gasteiger partial charge < -0.3 is 24.4 Å². The Bertz CT molecular complexity index is 1290. The predicted molar refractivity (Wildman–Crippen MR) is 148 cm³/mol. The number of benzene rings is 1. The molecule has 3 aliphatic rings. The molecule has 2 bridgehead atoms. The average Bonchev–Trinajstić information content (AvgIpc) is 3.49. The molecule has 1 aliphatic carbocycles. The lowest BCUT2D eigenvalue weighted by Crippen LogP contribution is -2.57. The summed E-state index contributed by atoms with van der Waals surface area (Å²) in [6, 6.07) is 4.22. The van der Waals surface area contributed by atoms with Crippen molar-refractivity contribution >= 4 is 29.0 Å². The third kappa shape index (κ3) is 6.15. The van der Waals surface area contributed by atoms with E-state index in [2.05, 4.69) is 5.32 Å². The first kappa shape index (κ1) is 28.1. The number of fused-ring (bicyclic) bond motifs is 5. The average molecular weight is 553 g/mol. The molecule has 0 spiro atoms. The molecule has 2 aromatic rings. The van der Waals surface area contributed by atoms with E-state index in [-0.39, 0.29) is 25.0 Å². The number of nitrogens with zero attached hydrogens (tertiary/aromatic N) is 3. The van der Waals surface area contributed by atoms with Crippen molar-refractivity contribution in [2.75, 3.05) is 13.7 Å². The number of carbonyl (C=O) groups is 3. The Labute approximate surface area is 235 Å². The standard InChI is InChI=1S/C30H40N4O6/c1-17-11-12-20-22(13-17)32-26-21(31-20)10-8-6-7-9-18-14-24(18)40-29(37)33-25(30(2,3)4)27(35)34-16-19(39-26)15-23(34)28(36)38-5/h11-13,18-19,23-25H,6-10,14-16H2,1-5H3,(H,33,37)/t18-,19?,23+,24-,25-/m1/s1. The van der Waals surface area contributed by atoms with E-state index in [1.807, 2.05) is 45.9 Å². The van der Waals surface area contributed by atoms with Crippen LogP contribution in [0.15, 0.2) is 18.2 Å². The molecular formula is C30H40N4O6. The van der Waals surface area contributed by atoms with Crippen molar-refractivity contribution in [1.29, 1.82) is 0 Å². The maximum atomic E-state index is 13.9. The lowest BCUT2D eigenvalue weighted by Gasteiger charge is -2.34. The first-order valence-electron chi connectivity index (χ1n) is 14.3. The van der Waals surface area contributed by atoms with Gasteiger partial charge in [-0.3, -0.25) is 4.79 Å². The minimum atomic E-state index is -0.902. The van der Waals surface area contributed by atoms with Crippen molar-refractivity contribution in [2.24, 2.45) is 11.3 Å². The van der Waals surface area contributed by atoms with E-state index in [9.17, 15) is 14.4 Å². The Morgan fingerprint density at radius 2 is 1.88 bits per heavy atom. The molecule has 10 heteroatoms. The number of carbonyl (C=O) groups excluding carboxylic acids is 3. The van der Waals surface area contributed by atoms with Gasteiger partial charge in [0.1, 0.15) is 30.0 Å². The zero-order valence-corrected chi connectivity index (χ0v) is 24.1. The number of aromatic nitrogens is 2. The molecule has 2 amide bonds. The maximum absolute atomic E-state index is 13.9. The van der Waals surface area contributed by atoms with Gasteiger partial charge in [-0.15, -0.1) is 0 Å². The van der Waals surface area contributed by atoms with Crippen LogP contribution in [0.25, 0.3) is 11.0 Å². The zero-order valence-electron chi connectivity index (χ0n) is 24.1. The van der Waals surface area contributed by atoms with Crippen molar-refractivity contribution < 1.29 is 28.6 Å². The number of hydrogen-bond donors (Lipinski definition) is 1. The fourth-order valence-electron chi connectivity index (χ4n) is 5.73. The Morgan fingerprint density at radius 3 is 2.62 bits per heavy atom. The molecule has 1 unspecified atom stereocenters. The van der Waals surface area contributed by atoms with E-state index in [0.29, 0.717) is 18.2 Å². The second-order valence-electron chi connectivity index (χ2n) is 12.5. The van der Waals surface area contributed by atoms with Crippen LogP contribution in [-0.4, -0.2) is 70.8 Å². The molecule has 5 rings (SSSR count). The number of esters is 1. The van der Waals surface area contributed by atoms with Gasteiger partial charge in [0.05, 0.1) is 24.7 Å². The monoisotopic (exact) mass is 552 g/mol. The van der Waals surface area contributed by atoms with Gasteiger partial charge in [0.25, 0.3) is 0 Å². The van der Waals surface area contributed by atoms with Crippen LogP contribution in [0.1, 0.15) is 70.6 Å². The molecule has 2 fully saturated rings. The Kier molecular flexibility index (Phi) is 7.88. The van der Waals surface area contributed by atoms with Crippen LogP contribution in [0, 0.1) is 18.3 Å². The third-order valence-corrected chi connectivity index (χ3v) is 8.13. The van der Waals surface area contributed by atoms with Crippen LogP contribution >= 0.6 is 0 Å². The van der Waals surface area contributed by atoms with Crippen LogP contribution in [0.3, 0.4) is 0 Å². The number of ether oxygens (including phenoxy) is 3. The molecular weight excluding hydrogens is 512 g/mol. The molecule has 1 N–H and O–H groups in total. The predicted octanol–water partition coefficient (Wildman–Crippen LogP) is 4.11. The minimum absolute atomic E-state index is 0.122. The van der Waals surface area contributed by atoms with E-state index in [0.717, 1.165) is 54.4 Å². The zero-order chi connectivity index (χ0) is 28.6. The quantitative estimate of drug-likeness (QED) is 0.525. The Hall–Kier alpha value is -3.43. The summed E-state index contributed by atoms with van der Waals surface area (Å²) in [6.07, 6.45) is 4.54. The lowest BCUT2D eigenvalue weighted by atomic mass is 9.85. The number of amides is 2. The Balaban J connectivity index is 1.49. The van der Waals surface area contributed by atoms with Gasteiger partial charge in [0.2, 0.25) is 11.8 Å². The highest BCUT2D eigenvalue weighted by Gasteiger charge is 2.47. The van der Waals surface area contributed by atoms with E-state index >= 15 is 0 Å². The lowest BCUT2D eigenvalue weighted by molar-refractivity contribution is -0.152. The van der Waals surface area contributed by atoms with Crippen molar-refractivity contribution in [1.82, 2.24) is 20.2 Å². The molecule has 5 atom stereocenters. The van der Waals surface area contributed by atoms with Crippen molar-refractivity contribution in [3.8, 4) is 5.88 Å². The highest BCUT2D eigenvalue weighted by Crippen LogP contribution is 2.39. The molecule has 1 aromatic heterocycles. The topological polar surface area (TPSA) is 120 Å². The molecule has 3 heterocycles. The second-order valence-corrected chi connectivity index (χ2v) is 12.5. The van der Waals surface area contributed by atoms with Crippen molar-refractivity contribution in [2.45, 2.75) is 96.9 Å². The summed E-state index contributed by atoms with van der Waals surface area (Å²) in [4.78, 5) is 50.8. The second kappa shape index (κ2) is 11.2. The molecule has 1 saturated carbocycles. The summed E-state index contributed by atoms with van der Waals surface area (Å²) in [6.45, 7) is 7.78. The van der Waals surface area contributed by atoms with Crippen LogP contribution in [0.4, 0.5) is 4.79 Å². The maximum Gasteiger partial charge on any atom is 0.408 e. The van der Waals surface area contributed by atoms with Gasteiger partial charge >= 0.3 is 12.1 Å². The van der Waals surface area contributed by atoms with Gasteiger partial charge in [-0.2, -0.15) is 0 Å². The van der Waals surface area contributed by atoms with E-state index in [1.54, 1.807) is 0 Å². The smallest absolute Gasteiger partial charge is 0.408 e. The van der Waals surface area contributed by atoms with Gasteiger partial charge in [-0.1, -0.05) is 39.7 Å². The van der Waals surface area contributed by atoms with Crippen LogP contribution in [-0.2, 0) is 25.5 Å². The first-order chi connectivity index (χ1) is 19.0. The number of nitrogens with one attached hydrogen (secondary N) is 1. The summed E-state index contributed by atoms with van der Waals surface area (Å²) >= 11 is 0. The molecule has 40 heavy (non-hydrogen) atoms. The van der Waals surface area contributed by atoms with Crippen LogP contribution < -0.4 is 10.1 Å². The van der Waals surface area contributed by atoms with Crippen LogP contribution in [0.5, 0.6) is 5.88 Å². The minimum Gasteiger partial charge on any atom is -0.471 e. The largest absolute Gasteiger partial charge is 0.471 e. The van der Waals surface area contributed by atoms with E-state index < -0.39 is 35.7 Å². The summed E-state index contributed by atoms with van der Waals surface area (Å²) in [5.41, 5.74) is 2.78. The number of methoxy groups -OCH3 is 1. The summed E-state index contributed by atoms with van der Waals surface area (Å²) in [7, 11) is 1.30. The van der Waals surface area contributed by atoms with Crippen LogP contribution in [0.2, 0.25) is 0 Å². The van der Waals surface area contributed by atoms with Gasteiger partial charge in [0.15, 0.2) is 0 Å². The van der Waals surface area contributed by atoms with Gasteiger partial charge in [0, 0.05) is 6.42 Å². The SMILES string of the molecule is COC(=O)[C@@H]1CC2CN1C(=O)[C@H](C(C)(C)C)NC(=O)O[C@@H]1C[C@H]1CCCCCc1nc3ccc(C)cc3nc1O2. The molecule has 216 valence electrons. The number of aryl methyl sites for hydroxylation is 2. The van der Waals surface area contributed by atoms with Crippen molar-refractivity contribution in [3.05, 3.63) is 29.5 Å². The van der Waals surface area contributed by atoms with Gasteiger partial charge in [-0.05, 0) is 61.6 Å². The van der Waals surface area contributed by atoms with E-state index in [4.69, 9.17) is 24.2 Å². The molecule has 1 saturated heterocycles. The number of alkyl carbamates (subject to hydrolysis) is 1. The molecule has 2 aliphatic heterocycles. The molecule has 0 radical (unpaired) electrons. The van der Waals surface area contributed by atoms with Crippen molar-refractivity contribution in [3.63, 3.8) is 0 Å². The highest BCUT2D eigenvalue weighted by molar-refractivity contribution is 5.91. The third-order valence-electron chi connectivity index (χ3n) is 8.13. The normalized spacial score (nSPS) is 27.8. The summed E-state index contributed by atoms with van der Waals surface area (Å²) < 4.78 is 17.1. The summed E-state index contributed by atoms with van der Waals surface area (Å²) in [5, 5.41) is 2.80. The first-order valence-corrected chi connectivity index (χ1v) is 14.3. The summed E-state index contributed by atoms with van der Waals surface area (Å²) in [5.74, 6) is -0.112. The molecule has 1 aromatic carbocycles. The molecule has 10 nitrogen and oxygen atoms in total. The van der Waals surface area contributed by atoms with E-state index in [1.165, 1.54) is 12.0 Å². The van der Waals surface area contributed by atoms with Gasteiger partial charge in [-0.25, -0.2) is 19.6 Å². The fraction of sp³-hybridized carbons (Fsp3) is 0.633. The highest BCUT2D eigenvalue weighted by atomic mass is 16.6. The number of hydrogen-bond acceptors (Lipinski definition) is 8. The fourth-order valence-corrected chi connectivity index (χ4v) is 5.73. The number of rotatable bonds is 1.